The number of esters is 1. The summed E-state index contributed by atoms with van der Waals surface area (Å²) in [6.07, 6.45) is 0. The molecule has 138 valence electrons. The molecular formula is C19H20O7. The second-order valence-electron chi connectivity index (χ2n) is 5.19. The van der Waals surface area contributed by atoms with Gasteiger partial charge in [0.15, 0.2) is 28.8 Å². The molecule has 0 atom stereocenters. The van der Waals surface area contributed by atoms with Crippen molar-refractivity contribution in [2.24, 2.45) is 0 Å². The molecule has 0 unspecified atom stereocenters. The Hall–Kier alpha value is -3.22. The summed E-state index contributed by atoms with van der Waals surface area (Å²) in [4.78, 5) is 24.5. The van der Waals surface area contributed by atoms with Gasteiger partial charge in [-0.05, 0) is 37.3 Å². The van der Waals surface area contributed by atoms with Crippen molar-refractivity contribution < 1.29 is 33.3 Å². The van der Waals surface area contributed by atoms with Crippen molar-refractivity contribution in [2.45, 2.75) is 6.92 Å². The highest BCUT2D eigenvalue weighted by molar-refractivity contribution is 6.00. The van der Waals surface area contributed by atoms with Crippen molar-refractivity contribution >= 4 is 11.8 Å². The van der Waals surface area contributed by atoms with Gasteiger partial charge in [-0.3, -0.25) is 4.79 Å². The fraction of sp³-hybridized carbons (Fsp3) is 0.263. The van der Waals surface area contributed by atoms with E-state index in [1.54, 1.807) is 12.1 Å². The van der Waals surface area contributed by atoms with Crippen molar-refractivity contribution in [3.63, 3.8) is 0 Å². The van der Waals surface area contributed by atoms with Crippen LogP contribution in [0.2, 0.25) is 0 Å². The quantitative estimate of drug-likeness (QED) is 0.426. The van der Waals surface area contributed by atoms with Crippen LogP contribution in [0.1, 0.15) is 27.6 Å². The molecule has 0 aliphatic carbocycles. The van der Waals surface area contributed by atoms with Crippen LogP contribution in [0.15, 0.2) is 30.3 Å². The first-order chi connectivity index (χ1) is 12.5. The molecule has 0 N–H and O–H groups in total. The average molecular weight is 360 g/mol. The molecule has 26 heavy (non-hydrogen) atoms. The predicted molar refractivity (Wildman–Crippen MR) is 94.1 cm³/mol. The minimum atomic E-state index is -0.681. The van der Waals surface area contributed by atoms with E-state index in [1.807, 2.05) is 0 Å². The maximum atomic E-state index is 12.6. The second-order valence-corrected chi connectivity index (χ2v) is 5.19. The minimum Gasteiger partial charge on any atom is -0.493 e. The summed E-state index contributed by atoms with van der Waals surface area (Å²) < 4.78 is 26.3. The van der Waals surface area contributed by atoms with Gasteiger partial charge in [-0.25, -0.2) is 4.79 Å². The Labute approximate surface area is 151 Å². The predicted octanol–water partition coefficient (Wildman–Crippen LogP) is 3.14. The van der Waals surface area contributed by atoms with Crippen molar-refractivity contribution in [3.8, 4) is 28.7 Å². The molecule has 0 spiro atoms. The summed E-state index contributed by atoms with van der Waals surface area (Å²) in [5.41, 5.74) is 0.429. The van der Waals surface area contributed by atoms with Crippen LogP contribution in [-0.2, 0) is 0 Å². The summed E-state index contributed by atoms with van der Waals surface area (Å²) in [5.74, 6) is 0.403. The number of carbonyl (C=O) groups excluding carboxylic acids is 2. The first kappa shape index (κ1) is 19.1. The van der Waals surface area contributed by atoms with Crippen LogP contribution >= 0.6 is 0 Å². The highest BCUT2D eigenvalue weighted by Crippen LogP contribution is 2.40. The second kappa shape index (κ2) is 8.24. The number of carbonyl (C=O) groups is 2. The van der Waals surface area contributed by atoms with Crippen molar-refractivity contribution in [1.82, 2.24) is 0 Å². The lowest BCUT2D eigenvalue weighted by molar-refractivity contribution is 0.0726. The van der Waals surface area contributed by atoms with Crippen LogP contribution < -0.4 is 23.7 Å². The number of hydrogen-bond acceptors (Lipinski definition) is 7. The number of ketones is 1. The van der Waals surface area contributed by atoms with E-state index in [2.05, 4.69) is 0 Å². The van der Waals surface area contributed by atoms with Crippen LogP contribution in [0.5, 0.6) is 28.7 Å². The fourth-order valence-electron chi connectivity index (χ4n) is 2.39. The smallest absolute Gasteiger partial charge is 0.343 e. The van der Waals surface area contributed by atoms with Gasteiger partial charge < -0.3 is 23.7 Å². The number of hydrogen-bond donors (Lipinski definition) is 0. The third kappa shape index (κ3) is 3.72. The molecule has 2 aromatic carbocycles. The maximum absolute atomic E-state index is 12.6. The third-order valence-electron chi connectivity index (χ3n) is 3.69. The van der Waals surface area contributed by atoms with Crippen molar-refractivity contribution in [3.05, 3.63) is 41.5 Å². The lowest BCUT2D eigenvalue weighted by atomic mass is 10.1. The Bertz CT molecular complexity index is 827. The first-order valence-corrected chi connectivity index (χ1v) is 7.66. The summed E-state index contributed by atoms with van der Waals surface area (Å²) in [5, 5.41) is 0. The molecule has 2 rings (SSSR count). The van der Waals surface area contributed by atoms with Gasteiger partial charge in [-0.2, -0.15) is 0 Å². The Morgan fingerprint density at radius 3 is 1.88 bits per heavy atom. The number of methoxy groups -OCH3 is 4. The molecule has 0 aliphatic heterocycles. The largest absolute Gasteiger partial charge is 0.493 e. The molecule has 0 amide bonds. The van der Waals surface area contributed by atoms with Gasteiger partial charge in [-0.1, -0.05) is 0 Å². The van der Waals surface area contributed by atoms with Crippen LogP contribution in [0, 0.1) is 0 Å². The van der Waals surface area contributed by atoms with E-state index in [0.717, 1.165) is 0 Å². The number of rotatable bonds is 7. The summed E-state index contributed by atoms with van der Waals surface area (Å²) in [6, 6.07) is 7.69. The summed E-state index contributed by atoms with van der Waals surface area (Å²) in [6.45, 7) is 1.37. The molecule has 7 heteroatoms. The zero-order valence-corrected chi connectivity index (χ0v) is 15.2. The number of benzene rings is 2. The Morgan fingerprint density at radius 1 is 0.731 bits per heavy atom. The number of Topliss-reactive ketones (excluding diaryl/α,β-unsaturated/α-hetero) is 1. The standard InChI is InChI=1S/C19H20O7/c1-11(20)13-7-9-15(23-3)18(25-5)17(13)26-19(21)12-6-8-14(22-2)16(10-12)24-4/h6-10H,1-5H3. The van der Waals surface area contributed by atoms with Gasteiger partial charge in [0.1, 0.15) is 0 Å². The molecule has 0 heterocycles. The first-order valence-electron chi connectivity index (χ1n) is 7.66. The van der Waals surface area contributed by atoms with Gasteiger partial charge >= 0.3 is 5.97 Å². The molecule has 0 radical (unpaired) electrons. The Morgan fingerprint density at radius 2 is 1.35 bits per heavy atom. The Kier molecular flexibility index (Phi) is 6.06. The number of ether oxygens (including phenoxy) is 5. The lowest BCUT2D eigenvalue weighted by Crippen LogP contribution is -2.12. The van der Waals surface area contributed by atoms with Gasteiger partial charge in [0, 0.05) is 0 Å². The van der Waals surface area contributed by atoms with Gasteiger partial charge in [0.2, 0.25) is 5.75 Å². The molecule has 0 aromatic heterocycles. The fourth-order valence-corrected chi connectivity index (χ4v) is 2.39. The van der Waals surface area contributed by atoms with Crippen LogP contribution in [0.3, 0.4) is 0 Å². The Balaban J connectivity index is 2.47. The summed E-state index contributed by atoms with van der Waals surface area (Å²) >= 11 is 0. The molecule has 0 aliphatic rings. The van der Waals surface area contributed by atoms with Crippen LogP contribution in [0.4, 0.5) is 0 Å². The van der Waals surface area contributed by atoms with E-state index in [-0.39, 0.29) is 28.4 Å². The van der Waals surface area contributed by atoms with Crippen LogP contribution in [0.25, 0.3) is 0 Å². The van der Waals surface area contributed by atoms with Crippen molar-refractivity contribution in [1.29, 1.82) is 0 Å². The third-order valence-corrected chi connectivity index (χ3v) is 3.69. The van der Waals surface area contributed by atoms with E-state index < -0.39 is 5.97 Å². The van der Waals surface area contributed by atoms with Crippen LogP contribution in [-0.4, -0.2) is 40.2 Å². The van der Waals surface area contributed by atoms with E-state index in [1.165, 1.54) is 53.6 Å². The highest BCUT2D eigenvalue weighted by atomic mass is 16.6. The molecule has 0 fully saturated rings. The molecule has 2 aromatic rings. The zero-order valence-electron chi connectivity index (χ0n) is 15.2. The molecule has 0 bridgehead atoms. The lowest BCUT2D eigenvalue weighted by Gasteiger charge is -2.16. The molecule has 0 saturated carbocycles. The van der Waals surface area contributed by atoms with Gasteiger partial charge in [0.25, 0.3) is 0 Å². The topological polar surface area (TPSA) is 80.3 Å². The summed E-state index contributed by atoms with van der Waals surface area (Å²) in [7, 11) is 5.81. The SMILES string of the molecule is COc1ccc(C(=O)Oc2c(C(C)=O)ccc(OC)c2OC)cc1OC. The van der Waals surface area contributed by atoms with E-state index in [9.17, 15) is 9.59 Å². The maximum Gasteiger partial charge on any atom is 0.343 e. The zero-order chi connectivity index (χ0) is 19.3. The minimum absolute atomic E-state index is 0.000801. The van der Waals surface area contributed by atoms with Gasteiger partial charge in [-0.15, -0.1) is 0 Å². The van der Waals surface area contributed by atoms with E-state index >= 15 is 0 Å². The van der Waals surface area contributed by atoms with E-state index in [4.69, 9.17) is 23.7 Å². The average Bonchev–Trinajstić information content (AvgIpc) is 2.66. The normalized spacial score (nSPS) is 10.0. The molecule has 7 nitrogen and oxygen atoms in total. The highest BCUT2D eigenvalue weighted by Gasteiger charge is 2.23. The molecule has 0 saturated heterocycles. The monoisotopic (exact) mass is 360 g/mol. The molecular weight excluding hydrogens is 340 g/mol. The van der Waals surface area contributed by atoms with Gasteiger partial charge in [0.05, 0.1) is 39.6 Å². The van der Waals surface area contributed by atoms with Crippen molar-refractivity contribution in [2.75, 3.05) is 28.4 Å². The van der Waals surface area contributed by atoms with E-state index in [0.29, 0.717) is 17.2 Å².